The third-order valence-electron chi connectivity index (χ3n) is 3.71. The second-order valence-corrected chi connectivity index (χ2v) is 5.74. The third-order valence-corrected chi connectivity index (χ3v) is 3.71. The van der Waals surface area contributed by atoms with E-state index in [0.29, 0.717) is 11.3 Å². The smallest absolute Gasteiger partial charge is 0.387 e. The average Bonchev–Trinajstić information content (AvgIpc) is 3.16. The highest BCUT2D eigenvalue weighted by molar-refractivity contribution is 5.89. The average molecular weight is 403 g/mol. The van der Waals surface area contributed by atoms with Gasteiger partial charge < -0.3 is 9.84 Å². The van der Waals surface area contributed by atoms with E-state index in [2.05, 4.69) is 25.1 Å². The van der Waals surface area contributed by atoms with Crippen molar-refractivity contribution in [1.29, 1.82) is 0 Å². The van der Waals surface area contributed by atoms with Gasteiger partial charge in [0, 0.05) is 30.9 Å². The molecule has 11 heteroatoms. The zero-order valence-electron chi connectivity index (χ0n) is 14.8. The summed E-state index contributed by atoms with van der Waals surface area (Å²) < 4.78 is 30.1. The molecule has 1 aromatic carbocycles. The van der Waals surface area contributed by atoms with Crippen LogP contribution in [0.4, 0.5) is 14.7 Å². The summed E-state index contributed by atoms with van der Waals surface area (Å²) in [5.74, 6) is -1.43. The zero-order chi connectivity index (χ0) is 20.8. The molecule has 9 nitrogen and oxygen atoms in total. The maximum atomic E-state index is 12.2. The molecule has 3 rings (SSSR count). The molecular weight excluding hydrogens is 388 g/mol. The number of nitrogens with zero attached hydrogens (tertiary/aromatic N) is 4. The fraction of sp³-hybridized carbons (Fsp3) is 0.167. The maximum Gasteiger partial charge on any atom is 0.387 e. The van der Waals surface area contributed by atoms with Gasteiger partial charge in [-0.25, -0.2) is 14.8 Å². The predicted molar refractivity (Wildman–Crippen MR) is 96.5 cm³/mol. The summed E-state index contributed by atoms with van der Waals surface area (Å²) in [5, 5.41) is 15.2. The van der Waals surface area contributed by atoms with Crippen LogP contribution in [0.2, 0.25) is 0 Å². The summed E-state index contributed by atoms with van der Waals surface area (Å²) >= 11 is 0. The van der Waals surface area contributed by atoms with Crippen LogP contribution in [0.3, 0.4) is 0 Å². The molecule has 0 aliphatic heterocycles. The molecule has 0 unspecified atom stereocenters. The lowest BCUT2D eigenvalue weighted by Gasteiger charge is -2.07. The van der Waals surface area contributed by atoms with E-state index in [1.54, 1.807) is 18.2 Å². The molecule has 0 aliphatic carbocycles. The normalized spacial score (nSPS) is 10.7. The molecule has 2 N–H and O–H groups in total. The molecule has 1 amide bonds. The highest BCUT2D eigenvalue weighted by Crippen LogP contribution is 2.22. The van der Waals surface area contributed by atoms with Crippen molar-refractivity contribution in [3.8, 4) is 17.0 Å². The SMILES string of the molecule is O=C(CCn1ccc(C(=O)O)n1)Nc1nccc(-c2ccc(OC(F)F)cc2)n1. The van der Waals surface area contributed by atoms with E-state index in [4.69, 9.17) is 5.11 Å². The highest BCUT2D eigenvalue weighted by atomic mass is 19.3. The Kier molecular flexibility index (Phi) is 6.07. The second kappa shape index (κ2) is 8.87. The molecule has 0 radical (unpaired) electrons. The van der Waals surface area contributed by atoms with Crippen LogP contribution in [0.1, 0.15) is 16.9 Å². The summed E-state index contributed by atoms with van der Waals surface area (Å²) in [7, 11) is 0. The third kappa shape index (κ3) is 5.54. The van der Waals surface area contributed by atoms with Gasteiger partial charge in [0.05, 0.1) is 5.69 Å². The summed E-state index contributed by atoms with van der Waals surface area (Å²) in [6.45, 7) is -2.72. The van der Waals surface area contributed by atoms with Gasteiger partial charge in [-0.2, -0.15) is 13.9 Å². The van der Waals surface area contributed by atoms with Crippen molar-refractivity contribution < 1.29 is 28.2 Å². The topological polar surface area (TPSA) is 119 Å². The Bertz CT molecular complexity index is 1010. The van der Waals surface area contributed by atoms with E-state index in [0.717, 1.165) is 0 Å². The quantitative estimate of drug-likeness (QED) is 0.593. The van der Waals surface area contributed by atoms with Crippen LogP contribution in [-0.4, -0.2) is 43.3 Å². The Balaban J connectivity index is 1.60. The molecule has 0 saturated carbocycles. The number of hydrogen-bond donors (Lipinski definition) is 2. The number of carboxylic acids is 1. The van der Waals surface area contributed by atoms with E-state index in [1.165, 1.54) is 35.3 Å². The van der Waals surface area contributed by atoms with Crippen LogP contribution in [0, 0.1) is 0 Å². The van der Waals surface area contributed by atoms with E-state index in [-0.39, 0.29) is 36.3 Å². The van der Waals surface area contributed by atoms with Crippen molar-refractivity contribution in [2.75, 3.05) is 5.32 Å². The number of aromatic carboxylic acids is 1. The molecule has 3 aromatic rings. The van der Waals surface area contributed by atoms with Crippen molar-refractivity contribution >= 4 is 17.8 Å². The Hall–Kier alpha value is -3.89. The standard InChI is InChI=1S/C18H15F2N5O4/c19-17(20)29-12-3-1-11(2-4-12)13-5-8-21-18(22-13)23-15(26)7-10-25-9-6-14(24-25)16(27)28/h1-6,8-9,17H,7,10H2,(H,27,28)(H,21,22,23,26). The van der Waals surface area contributed by atoms with E-state index < -0.39 is 12.6 Å². The fourth-order valence-corrected chi connectivity index (χ4v) is 2.39. The van der Waals surface area contributed by atoms with Crippen molar-refractivity contribution in [3.63, 3.8) is 0 Å². The van der Waals surface area contributed by atoms with Crippen molar-refractivity contribution in [2.45, 2.75) is 19.6 Å². The molecule has 0 spiro atoms. The Morgan fingerprint density at radius 3 is 2.59 bits per heavy atom. The molecule has 0 saturated heterocycles. The largest absolute Gasteiger partial charge is 0.476 e. The van der Waals surface area contributed by atoms with Gasteiger partial charge in [0.25, 0.3) is 0 Å². The van der Waals surface area contributed by atoms with Crippen molar-refractivity contribution in [3.05, 3.63) is 54.5 Å². The van der Waals surface area contributed by atoms with Crippen LogP contribution < -0.4 is 10.1 Å². The molecule has 29 heavy (non-hydrogen) atoms. The van der Waals surface area contributed by atoms with E-state index >= 15 is 0 Å². The van der Waals surface area contributed by atoms with Gasteiger partial charge in [-0.05, 0) is 36.4 Å². The van der Waals surface area contributed by atoms with Gasteiger partial charge in [0.2, 0.25) is 11.9 Å². The fourth-order valence-electron chi connectivity index (χ4n) is 2.39. The molecule has 0 bridgehead atoms. The molecule has 0 aliphatic rings. The van der Waals surface area contributed by atoms with E-state index in [9.17, 15) is 18.4 Å². The zero-order valence-corrected chi connectivity index (χ0v) is 14.8. The Morgan fingerprint density at radius 1 is 1.17 bits per heavy atom. The van der Waals surface area contributed by atoms with Gasteiger partial charge in [0.15, 0.2) is 5.69 Å². The number of hydrogen-bond acceptors (Lipinski definition) is 6. The molecular formula is C18H15F2N5O4. The summed E-state index contributed by atoms with van der Waals surface area (Å²) in [6, 6.07) is 8.84. The number of benzene rings is 1. The number of aromatic nitrogens is 4. The van der Waals surface area contributed by atoms with E-state index in [1.807, 2.05) is 0 Å². The number of carbonyl (C=O) groups is 2. The maximum absolute atomic E-state index is 12.2. The number of alkyl halides is 2. The lowest BCUT2D eigenvalue weighted by atomic mass is 10.1. The lowest BCUT2D eigenvalue weighted by Crippen LogP contribution is -2.16. The molecule has 2 aromatic heterocycles. The van der Waals surface area contributed by atoms with Crippen LogP contribution >= 0.6 is 0 Å². The number of anilines is 1. The minimum atomic E-state index is -2.90. The van der Waals surface area contributed by atoms with Gasteiger partial charge >= 0.3 is 12.6 Å². The first-order valence-electron chi connectivity index (χ1n) is 8.35. The second-order valence-electron chi connectivity index (χ2n) is 5.74. The number of ether oxygens (including phenoxy) is 1. The first-order valence-corrected chi connectivity index (χ1v) is 8.35. The molecule has 0 atom stereocenters. The van der Waals surface area contributed by atoms with Crippen LogP contribution in [0.5, 0.6) is 5.75 Å². The minimum Gasteiger partial charge on any atom is -0.476 e. The summed E-state index contributed by atoms with van der Waals surface area (Å²) in [5.41, 5.74) is 1.01. The number of carbonyl (C=O) groups excluding carboxylic acids is 1. The number of carboxylic acid groups (broad SMARTS) is 1. The van der Waals surface area contributed by atoms with Crippen LogP contribution in [0.15, 0.2) is 48.8 Å². The predicted octanol–water partition coefficient (Wildman–Crippen LogP) is 2.67. The van der Waals surface area contributed by atoms with Gasteiger partial charge in [-0.1, -0.05) is 0 Å². The van der Waals surface area contributed by atoms with Gasteiger partial charge in [0.1, 0.15) is 5.75 Å². The van der Waals surface area contributed by atoms with Gasteiger partial charge in [-0.3, -0.25) is 14.8 Å². The highest BCUT2D eigenvalue weighted by Gasteiger charge is 2.10. The minimum absolute atomic E-state index is 0.0241. The van der Waals surface area contributed by atoms with Gasteiger partial charge in [-0.15, -0.1) is 0 Å². The first-order chi connectivity index (χ1) is 13.9. The molecule has 2 heterocycles. The number of rotatable bonds is 8. The number of nitrogens with one attached hydrogen (secondary N) is 1. The van der Waals surface area contributed by atoms with Crippen molar-refractivity contribution in [1.82, 2.24) is 19.7 Å². The number of aryl methyl sites for hydroxylation is 1. The number of halogens is 2. The van der Waals surface area contributed by atoms with Crippen molar-refractivity contribution in [2.24, 2.45) is 0 Å². The lowest BCUT2D eigenvalue weighted by molar-refractivity contribution is -0.116. The monoisotopic (exact) mass is 403 g/mol. The molecule has 150 valence electrons. The molecule has 0 fully saturated rings. The van der Waals surface area contributed by atoms with Crippen LogP contribution in [-0.2, 0) is 11.3 Å². The summed E-state index contributed by atoms with van der Waals surface area (Å²) in [6.07, 6.45) is 2.96. The number of amides is 1. The van der Waals surface area contributed by atoms with Crippen LogP contribution in [0.25, 0.3) is 11.3 Å². The Labute approximate surface area is 163 Å². The summed E-state index contributed by atoms with van der Waals surface area (Å²) in [4.78, 5) is 31.1. The first kappa shape index (κ1) is 19.9. The Morgan fingerprint density at radius 2 is 1.93 bits per heavy atom.